The predicted molar refractivity (Wildman–Crippen MR) is 117 cm³/mol. The van der Waals surface area contributed by atoms with Crippen molar-refractivity contribution in [3.05, 3.63) is 107 Å². The molecule has 0 aromatic heterocycles. The molecule has 4 heteroatoms. The van der Waals surface area contributed by atoms with Crippen molar-refractivity contribution in [2.24, 2.45) is 0 Å². The highest BCUT2D eigenvalue weighted by molar-refractivity contribution is 5.91. The van der Waals surface area contributed by atoms with Crippen LogP contribution in [-0.4, -0.2) is 29.2 Å². The first kappa shape index (κ1) is 19.0. The van der Waals surface area contributed by atoms with Crippen LogP contribution >= 0.6 is 0 Å². The van der Waals surface area contributed by atoms with Gasteiger partial charge in [-0.1, -0.05) is 84.9 Å². The first-order chi connectivity index (χ1) is 14.1. The molecule has 29 heavy (non-hydrogen) atoms. The smallest absolute Gasteiger partial charge is 0.322 e. The number of nitrogens with zero attached hydrogens (tertiary/aromatic N) is 1. The minimum Gasteiger partial charge on any atom is -0.389 e. The minimum atomic E-state index is -0.528. The molecule has 1 unspecified atom stereocenters. The summed E-state index contributed by atoms with van der Waals surface area (Å²) in [7, 11) is 1.81. The second-order valence-electron chi connectivity index (χ2n) is 7.27. The van der Waals surface area contributed by atoms with Gasteiger partial charge in [0.2, 0.25) is 0 Å². The van der Waals surface area contributed by atoms with Gasteiger partial charge in [0.25, 0.3) is 0 Å². The molecular formula is C25H24N2O2. The topological polar surface area (TPSA) is 52.6 Å². The van der Waals surface area contributed by atoms with Crippen LogP contribution in [0.15, 0.2) is 84.9 Å². The first-order valence-corrected chi connectivity index (χ1v) is 9.75. The highest BCUT2D eigenvalue weighted by Gasteiger charge is 2.24. The van der Waals surface area contributed by atoms with Crippen molar-refractivity contribution in [1.29, 1.82) is 0 Å². The van der Waals surface area contributed by atoms with Gasteiger partial charge in [0, 0.05) is 19.2 Å². The number of nitrogens with one attached hydrogen (secondary N) is 1. The van der Waals surface area contributed by atoms with E-state index >= 15 is 0 Å². The Morgan fingerprint density at radius 3 is 2.21 bits per heavy atom. The summed E-state index contributed by atoms with van der Waals surface area (Å²) >= 11 is 0. The third-order valence-corrected chi connectivity index (χ3v) is 5.30. The fourth-order valence-electron chi connectivity index (χ4n) is 3.83. The van der Waals surface area contributed by atoms with Gasteiger partial charge in [-0.05, 0) is 28.3 Å². The number of amides is 2. The molecule has 1 aliphatic rings. The zero-order valence-corrected chi connectivity index (χ0v) is 16.3. The molecule has 0 bridgehead atoms. The predicted octanol–water partition coefficient (Wildman–Crippen LogP) is 4.87. The standard InChI is InChI=1S/C25H24N2O2/c1-27(24(19-9-4-2-5-10-19)20-11-6-3-7-12-20)25(29)26-23-14-8-13-18-15-16-21(28)17-22(18)23/h2-16,21,24,28H,17H2,1H3,(H,26,29). The van der Waals surface area contributed by atoms with Crippen LogP contribution in [0.25, 0.3) is 6.08 Å². The molecule has 0 fully saturated rings. The molecule has 3 aromatic rings. The lowest BCUT2D eigenvalue weighted by molar-refractivity contribution is 0.212. The van der Waals surface area contributed by atoms with Crippen LogP contribution < -0.4 is 5.32 Å². The Hall–Kier alpha value is -3.37. The second kappa shape index (κ2) is 8.33. The van der Waals surface area contributed by atoms with E-state index in [-0.39, 0.29) is 12.1 Å². The van der Waals surface area contributed by atoms with E-state index in [1.165, 1.54) is 0 Å². The number of rotatable bonds is 4. The fraction of sp³-hybridized carbons (Fsp3) is 0.160. The van der Waals surface area contributed by atoms with E-state index in [2.05, 4.69) is 5.32 Å². The number of urea groups is 1. The number of carbonyl (C=O) groups excluding carboxylic acids is 1. The van der Waals surface area contributed by atoms with Crippen molar-refractivity contribution in [2.75, 3.05) is 12.4 Å². The van der Waals surface area contributed by atoms with Crippen molar-refractivity contribution in [2.45, 2.75) is 18.6 Å². The highest BCUT2D eigenvalue weighted by Crippen LogP contribution is 2.30. The Balaban J connectivity index is 1.63. The zero-order valence-electron chi connectivity index (χ0n) is 16.3. The van der Waals surface area contributed by atoms with Crippen LogP contribution in [0.5, 0.6) is 0 Å². The molecule has 3 aromatic carbocycles. The lowest BCUT2D eigenvalue weighted by Crippen LogP contribution is -2.36. The molecule has 0 saturated carbocycles. The number of aliphatic hydroxyl groups excluding tert-OH is 1. The summed E-state index contributed by atoms with van der Waals surface area (Å²) < 4.78 is 0. The van der Waals surface area contributed by atoms with Crippen molar-refractivity contribution < 1.29 is 9.90 Å². The summed E-state index contributed by atoms with van der Waals surface area (Å²) in [6, 6.07) is 25.4. The van der Waals surface area contributed by atoms with Crippen LogP contribution in [-0.2, 0) is 6.42 Å². The number of hydrogen-bond donors (Lipinski definition) is 2. The molecule has 0 radical (unpaired) electrons. The van der Waals surface area contributed by atoms with Crippen molar-refractivity contribution >= 4 is 17.8 Å². The lowest BCUT2D eigenvalue weighted by atomic mass is 9.94. The molecule has 4 rings (SSSR count). The van der Waals surface area contributed by atoms with Gasteiger partial charge in [-0.15, -0.1) is 0 Å². The SMILES string of the molecule is CN(C(=O)Nc1cccc2c1CC(O)C=C2)C(c1ccccc1)c1ccccc1. The number of hydrogen-bond acceptors (Lipinski definition) is 2. The summed E-state index contributed by atoms with van der Waals surface area (Å²) in [4.78, 5) is 14.9. The monoisotopic (exact) mass is 384 g/mol. The molecule has 0 saturated heterocycles. The molecule has 0 heterocycles. The van der Waals surface area contributed by atoms with Crippen LogP contribution in [0.3, 0.4) is 0 Å². The number of carbonyl (C=O) groups is 1. The molecular weight excluding hydrogens is 360 g/mol. The van der Waals surface area contributed by atoms with Gasteiger partial charge in [-0.2, -0.15) is 0 Å². The molecule has 1 atom stereocenters. The van der Waals surface area contributed by atoms with Gasteiger partial charge in [0.05, 0.1) is 12.1 Å². The van der Waals surface area contributed by atoms with E-state index in [1.807, 2.05) is 92.0 Å². The van der Waals surface area contributed by atoms with Crippen LogP contribution in [0.4, 0.5) is 10.5 Å². The molecule has 2 amide bonds. The van der Waals surface area contributed by atoms with Crippen LogP contribution in [0.1, 0.15) is 28.3 Å². The van der Waals surface area contributed by atoms with E-state index in [9.17, 15) is 9.90 Å². The molecule has 1 aliphatic carbocycles. The summed E-state index contributed by atoms with van der Waals surface area (Å²) in [6.45, 7) is 0. The van der Waals surface area contributed by atoms with Gasteiger partial charge >= 0.3 is 6.03 Å². The first-order valence-electron chi connectivity index (χ1n) is 9.75. The molecule has 0 spiro atoms. The molecule has 0 aliphatic heterocycles. The quantitative estimate of drug-likeness (QED) is 0.674. The largest absolute Gasteiger partial charge is 0.389 e. The number of aliphatic hydroxyl groups is 1. The van der Waals surface area contributed by atoms with E-state index in [4.69, 9.17) is 0 Å². The number of anilines is 1. The van der Waals surface area contributed by atoms with E-state index in [1.54, 1.807) is 11.0 Å². The molecule has 146 valence electrons. The Bertz CT molecular complexity index is 976. The third kappa shape index (κ3) is 4.08. The van der Waals surface area contributed by atoms with Crippen molar-refractivity contribution in [3.8, 4) is 0 Å². The maximum absolute atomic E-state index is 13.2. The van der Waals surface area contributed by atoms with Crippen LogP contribution in [0, 0.1) is 0 Å². The molecule has 4 nitrogen and oxygen atoms in total. The van der Waals surface area contributed by atoms with E-state index < -0.39 is 6.10 Å². The molecule has 2 N–H and O–H groups in total. The van der Waals surface area contributed by atoms with Crippen molar-refractivity contribution in [3.63, 3.8) is 0 Å². The van der Waals surface area contributed by atoms with Crippen LogP contribution in [0.2, 0.25) is 0 Å². The number of benzene rings is 3. The Morgan fingerprint density at radius 2 is 1.59 bits per heavy atom. The second-order valence-corrected chi connectivity index (χ2v) is 7.27. The summed E-state index contributed by atoms with van der Waals surface area (Å²) in [6.07, 6.45) is 3.65. The maximum Gasteiger partial charge on any atom is 0.322 e. The van der Waals surface area contributed by atoms with Gasteiger partial charge in [-0.3, -0.25) is 0 Å². The van der Waals surface area contributed by atoms with Crippen molar-refractivity contribution in [1.82, 2.24) is 4.90 Å². The van der Waals surface area contributed by atoms with Gasteiger partial charge in [0.15, 0.2) is 0 Å². The van der Waals surface area contributed by atoms with Gasteiger partial charge in [-0.25, -0.2) is 4.79 Å². The third-order valence-electron chi connectivity index (χ3n) is 5.30. The average molecular weight is 384 g/mol. The van der Waals surface area contributed by atoms with Gasteiger partial charge < -0.3 is 15.3 Å². The summed E-state index contributed by atoms with van der Waals surface area (Å²) in [5.74, 6) is 0. The number of fused-ring (bicyclic) bond motifs is 1. The zero-order chi connectivity index (χ0) is 20.2. The lowest BCUT2D eigenvalue weighted by Gasteiger charge is -2.30. The fourth-order valence-corrected chi connectivity index (χ4v) is 3.83. The summed E-state index contributed by atoms with van der Waals surface area (Å²) in [5, 5.41) is 13.1. The maximum atomic E-state index is 13.2. The Labute approximate surface area is 171 Å². The van der Waals surface area contributed by atoms with E-state index in [0.717, 1.165) is 27.9 Å². The highest BCUT2D eigenvalue weighted by atomic mass is 16.3. The summed E-state index contributed by atoms with van der Waals surface area (Å²) in [5.41, 5.74) is 4.82. The Kier molecular flexibility index (Phi) is 5.45. The minimum absolute atomic E-state index is 0.194. The van der Waals surface area contributed by atoms with E-state index in [0.29, 0.717) is 6.42 Å². The van der Waals surface area contributed by atoms with Gasteiger partial charge in [0.1, 0.15) is 0 Å². The normalized spacial score (nSPS) is 15.1. The average Bonchev–Trinajstić information content (AvgIpc) is 2.76. The Morgan fingerprint density at radius 1 is 0.966 bits per heavy atom.